The van der Waals surface area contributed by atoms with Crippen molar-refractivity contribution in [3.05, 3.63) is 51.5 Å². The number of allylic oxidation sites excluding steroid dienone is 1. The number of hydrogen-bond acceptors (Lipinski definition) is 4. The lowest BCUT2D eigenvalue weighted by molar-refractivity contribution is 0.0503. The zero-order valence-corrected chi connectivity index (χ0v) is 15.5. The second-order valence-corrected chi connectivity index (χ2v) is 7.01. The number of hydrogen-bond donors (Lipinski definition) is 0. The highest BCUT2D eigenvalue weighted by molar-refractivity contribution is 7.17. The average molecular weight is 386 g/mol. The van der Waals surface area contributed by atoms with Gasteiger partial charge in [0.15, 0.2) is 0 Å². The molecule has 3 nitrogen and oxygen atoms in total. The largest absolute Gasteiger partial charge is 0.461 e. The molecule has 0 aliphatic heterocycles. The van der Waals surface area contributed by atoms with E-state index in [4.69, 9.17) is 16.3 Å². The van der Waals surface area contributed by atoms with E-state index in [1.165, 1.54) is 18.3 Å². The molecule has 0 N–H and O–H groups in total. The average Bonchev–Trinajstić information content (AvgIpc) is 2.96. The molecule has 0 radical (unpaired) electrons. The molecule has 0 amide bonds. The van der Waals surface area contributed by atoms with Crippen LogP contribution in [0, 0.1) is 6.92 Å². The fourth-order valence-corrected chi connectivity index (χ4v) is 3.21. The molecule has 1 aromatic heterocycles. The number of aryl methyl sites for hydroxylation is 1. The van der Waals surface area contributed by atoms with Crippen molar-refractivity contribution >= 4 is 28.9 Å². The topological polar surface area (TPSA) is 39.2 Å². The van der Waals surface area contributed by atoms with Gasteiger partial charge in [0.25, 0.3) is 6.08 Å². The summed E-state index contributed by atoms with van der Waals surface area (Å²) in [6.07, 6.45) is -0.237. The summed E-state index contributed by atoms with van der Waals surface area (Å²) in [5, 5.41) is 1.36. The third-order valence-electron chi connectivity index (χ3n) is 3.58. The van der Waals surface area contributed by atoms with Crippen molar-refractivity contribution in [2.75, 3.05) is 6.61 Å². The first-order valence-electron chi connectivity index (χ1n) is 7.79. The second-order valence-electron chi connectivity index (χ2n) is 5.57. The Morgan fingerprint density at radius 2 is 1.92 bits per heavy atom. The molecule has 1 aromatic carbocycles. The van der Waals surface area contributed by atoms with Gasteiger partial charge >= 0.3 is 5.97 Å². The Kier molecular flexibility index (Phi) is 7.08. The summed E-state index contributed by atoms with van der Waals surface area (Å²) in [4.78, 5) is 17.0. The van der Waals surface area contributed by atoms with Crippen LogP contribution in [0.15, 0.2) is 35.9 Å². The van der Waals surface area contributed by atoms with E-state index in [1.807, 2.05) is 12.1 Å². The lowest BCUT2D eigenvalue weighted by Gasteiger charge is -2.04. The molecule has 0 unspecified atom stereocenters. The third-order valence-corrected chi connectivity index (χ3v) is 5.01. The number of esters is 1. The maximum absolute atomic E-state index is 12.3. The molecule has 2 rings (SSSR count). The van der Waals surface area contributed by atoms with Crippen LogP contribution >= 0.6 is 22.9 Å². The third kappa shape index (κ3) is 5.61. The maximum Gasteiger partial charge on any atom is 0.350 e. The Hall–Kier alpha value is -1.79. The summed E-state index contributed by atoms with van der Waals surface area (Å²) in [5.74, 6) is -0.431. The van der Waals surface area contributed by atoms with E-state index in [9.17, 15) is 13.6 Å². The van der Waals surface area contributed by atoms with Gasteiger partial charge in [0.05, 0.1) is 12.3 Å². The van der Waals surface area contributed by atoms with Crippen molar-refractivity contribution in [1.29, 1.82) is 0 Å². The van der Waals surface area contributed by atoms with Gasteiger partial charge in [-0.05, 0) is 50.8 Å². The van der Waals surface area contributed by atoms with E-state index in [2.05, 4.69) is 4.98 Å². The molecule has 2 aromatic rings. The van der Waals surface area contributed by atoms with E-state index < -0.39 is 12.0 Å². The number of unbranched alkanes of at least 4 members (excludes halogenated alkanes) is 1. The summed E-state index contributed by atoms with van der Waals surface area (Å²) in [6, 6.07) is 7.22. The van der Waals surface area contributed by atoms with Crippen molar-refractivity contribution < 1.29 is 18.3 Å². The highest BCUT2D eigenvalue weighted by Gasteiger charge is 2.17. The van der Waals surface area contributed by atoms with E-state index in [-0.39, 0.29) is 12.2 Å². The van der Waals surface area contributed by atoms with Gasteiger partial charge in [0.1, 0.15) is 9.88 Å². The summed E-state index contributed by atoms with van der Waals surface area (Å²) in [6.45, 7) is 3.36. The van der Waals surface area contributed by atoms with Gasteiger partial charge in [0, 0.05) is 10.6 Å². The molecular formula is C18H18ClF2NO2S. The van der Waals surface area contributed by atoms with Gasteiger partial charge in [-0.1, -0.05) is 23.7 Å². The van der Waals surface area contributed by atoms with Gasteiger partial charge in [-0.2, -0.15) is 8.78 Å². The summed E-state index contributed by atoms with van der Waals surface area (Å²) in [5.41, 5.74) is 1.57. The van der Waals surface area contributed by atoms with E-state index in [1.54, 1.807) is 19.1 Å². The van der Waals surface area contributed by atoms with Gasteiger partial charge in [-0.3, -0.25) is 0 Å². The number of nitrogens with zero attached hydrogens (tertiary/aromatic N) is 1. The molecule has 0 aliphatic carbocycles. The minimum atomic E-state index is -1.63. The summed E-state index contributed by atoms with van der Waals surface area (Å²) < 4.78 is 29.8. The van der Waals surface area contributed by atoms with Crippen molar-refractivity contribution in [2.24, 2.45) is 0 Å². The fraction of sp³-hybridized carbons (Fsp3) is 0.333. The first-order valence-corrected chi connectivity index (χ1v) is 8.99. The van der Waals surface area contributed by atoms with Crippen LogP contribution in [0.2, 0.25) is 5.02 Å². The number of carbonyl (C=O) groups is 1. The van der Waals surface area contributed by atoms with Crippen LogP contribution in [0.1, 0.15) is 41.6 Å². The van der Waals surface area contributed by atoms with Gasteiger partial charge in [0.2, 0.25) is 0 Å². The Morgan fingerprint density at radius 1 is 1.24 bits per heavy atom. The smallest absolute Gasteiger partial charge is 0.350 e. The van der Waals surface area contributed by atoms with E-state index >= 15 is 0 Å². The number of thiazole rings is 1. The molecule has 0 spiro atoms. The first kappa shape index (κ1) is 19.5. The van der Waals surface area contributed by atoms with Crippen LogP contribution in [0.25, 0.3) is 10.6 Å². The molecule has 7 heteroatoms. The van der Waals surface area contributed by atoms with Crippen LogP contribution in [0.4, 0.5) is 8.78 Å². The number of ether oxygens (including phenoxy) is 1. The zero-order chi connectivity index (χ0) is 18.4. The summed E-state index contributed by atoms with van der Waals surface area (Å²) >= 11 is 7.13. The SMILES string of the molecule is CC(CCCCOC(=O)c1sc(-c2ccc(Cl)cc2)nc1C)=C(F)F. The molecule has 0 saturated carbocycles. The maximum atomic E-state index is 12.3. The molecular weight excluding hydrogens is 368 g/mol. The van der Waals surface area contributed by atoms with Crippen LogP contribution in [-0.4, -0.2) is 17.6 Å². The predicted molar refractivity (Wildman–Crippen MR) is 96.3 cm³/mol. The number of rotatable bonds is 7. The Labute approximate surface area is 154 Å². The Balaban J connectivity index is 1.90. The molecule has 0 fully saturated rings. The summed E-state index contributed by atoms with van der Waals surface area (Å²) in [7, 11) is 0. The zero-order valence-electron chi connectivity index (χ0n) is 13.9. The quantitative estimate of drug-likeness (QED) is 0.416. The lowest BCUT2D eigenvalue weighted by atomic mass is 10.1. The van der Waals surface area contributed by atoms with Crippen LogP contribution in [-0.2, 0) is 4.74 Å². The van der Waals surface area contributed by atoms with E-state index in [0.717, 1.165) is 10.6 Å². The van der Waals surface area contributed by atoms with Gasteiger partial charge in [-0.15, -0.1) is 11.3 Å². The van der Waals surface area contributed by atoms with Crippen LogP contribution in [0.5, 0.6) is 0 Å². The van der Waals surface area contributed by atoms with Crippen molar-refractivity contribution in [1.82, 2.24) is 4.98 Å². The van der Waals surface area contributed by atoms with Crippen LogP contribution in [0.3, 0.4) is 0 Å². The molecule has 0 saturated heterocycles. The van der Waals surface area contributed by atoms with E-state index in [0.29, 0.717) is 34.9 Å². The number of benzene rings is 1. The minimum absolute atomic E-state index is 0.0808. The minimum Gasteiger partial charge on any atom is -0.461 e. The van der Waals surface area contributed by atoms with Crippen molar-refractivity contribution in [3.63, 3.8) is 0 Å². The first-order chi connectivity index (χ1) is 11.9. The second kappa shape index (κ2) is 9.06. The highest BCUT2D eigenvalue weighted by Crippen LogP contribution is 2.29. The lowest BCUT2D eigenvalue weighted by Crippen LogP contribution is -2.06. The van der Waals surface area contributed by atoms with Gasteiger partial charge < -0.3 is 4.74 Å². The van der Waals surface area contributed by atoms with Crippen molar-refractivity contribution in [3.8, 4) is 10.6 Å². The van der Waals surface area contributed by atoms with Gasteiger partial charge in [-0.25, -0.2) is 9.78 Å². The van der Waals surface area contributed by atoms with Crippen LogP contribution < -0.4 is 0 Å². The highest BCUT2D eigenvalue weighted by atomic mass is 35.5. The molecule has 0 bridgehead atoms. The molecule has 1 heterocycles. The molecule has 0 atom stereocenters. The molecule has 25 heavy (non-hydrogen) atoms. The fourth-order valence-electron chi connectivity index (χ4n) is 2.12. The monoisotopic (exact) mass is 385 g/mol. The Bertz CT molecular complexity index is 768. The number of aromatic nitrogens is 1. The van der Waals surface area contributed by atoms with Crippen molar-refractivity contribution in [2.45, 2.75) is 33.1 Å². The molecule has 0 aliphatic rings. The Morgan fingerprint density at radius 3 is 2.56 bits per heavy atom. The predicted octanol–water partition coefficient (Wildman–Crippen LogP) is 6.27. The molecule has 134 valence electrons. The number of carbonyl (C=O) groups excluding carboxylic acids is 1. The normalized spacial score (nSPS) is 10.6. The standard InChI is InChI=1S/C18H18ClF2NO2S/c1-11(16(20)21)5-3-4-10-24-18(23)15-12(2)22-17(25-15)13-6-8-14(19)9-7-13/h6-9H,3-5,10H2,1-2H3. The number of halogens is 3.